The van der Waals surface area contributed by atoms with Crippen molar-refractivity contribution in [2.24, 2.45) is 5.92 Å². The third kappa shape index (κ3) is 3.70. The maximum absolute atomic E-state index is 11.3. The van der Waals surface area contributed by atoms with Crippen LogP contribution < -0.4 is 0 Å². The van der Waals surface area contributed by atoms with Gasteiger partial charge in [-0.05, 0) is 18.8 Å². The molecule has 7 heteroatoms. The summed E-state index contributed by atoms with van der Waals surface area (Å²) in [5, 5.41) is 8.46. The second-order valence-electron chi connectivity index (χ2n) is 4.28. The fourth-order valence-electron chi connectivity index (χ4n) is 1.85. The van der Waals surface area contributed by atoms with Gasteiger partial charge in [0, 0.05) is 12.2 Å². The van der Waals surface area contributed by atoms with E-state index in [2.05, 4.69) is 17.1 Å². The quantitative estimate of drug-likeness (QED) is 0.760. The number of nitrogens with zero attached hydrogens (tertiary/aromatic N) is 2. The first-order chi connectivity index (χ1) is 8.09. The Kier molecular flexibility index (Phi) is 4.09. The maximum atomic E-state index is 11.3. The Morgan fingerprint density at radius 2 is 2.29 bits per heavy atom. The lowest BCUT2D eigenvalue weighted by Gasteiger charge is -2.01. The van der Waals surface area contributed by atoms with Gasteiger partial charge in [-0.25, -0.2) is 8.42 Å². The molecular formula is C10H16N2O3S2. The van der Waals surface area contributed by atoms with Crippen molar-refractivity contribution < 1.29 is 12.8 Å². The van der Waals surface area contributed by atoms with Gasteiger partial charge in [0.15, 0.2) is 9.84 Å². The minimum atomic E-state index is -2.82. The minimum Gasteiger partial charge on any atom is -0.416 e. The van der Waals surface area contributed by atoms with E-state index in [9.17, 15) is 8.42 Å². The Morgan fingerprint density at radius 1 is 1.47 bits per heavy atom. The van der Waals surface area contributed by atoms with Crippen LogP contribution in [0.25, 0.3) is 0 Å². The van der Waals surface area contributed by atoms with Crippen LogP contribution in [0.1, 0.15) is 25.7 Å². The molecule has 5 nitrogen and oxygen atoms in total. The third-order valence-electron chi connectivity index (χ3n) is 2.67. The Bertz CT molecular complexity index is 470. The normalized spacial score (nSPS) is 23.0. The molecule has 2 rings (SSSR count). The van der Waals surface area contributed by atoms with Gasteiger partial charge in [0.2, 0.25) is 5.89 Å². The van der Waals surface area contributed by atoms with E-state index in [0.29, 0.717) is 29.7 Å². The summed E-state index contributed by atoms with van der Waals surface area (Å²) in [6.45, 7) is 2.09. The van der Waals surface area contributed by atoms with Gasteiger partial charge in [0.1, 0.15) is 0 Å². The Hall–Kier alpha value is -0.560. The molecule has 0 saturated carbocycles. The zero-order valence-corrected chi connectivity index (χ0v) is 11.4. The van der Waals surface area contributed by atoms with Crippen LogP contribution in [0.4, 0.5) is 0 Å². The molecule has 2 heterocycles. The summed E-state index contributed by atoms with van der Waals surface area (Å²) in [7, 11) is -2.82. The van der Waals surface area contributed by atoms with Crippen molar-refractivity contribution in [1.82, 2.24) is 10.2 Å². The summed E-state index contributed by atoms with van der Waals surface area (Å²) >= 11 is 1.54. The standard InChI is InChI=1S/C10H16N2O3S2/c1-2-4-16-10-12-11-9(15-10)6-8-3-5-17(13,14)7-8/h8H,2-7H2,1H3/t8-/m1/s1. The van der Waals surface area contributed by atoms with E-state index in [1.54, 1.807) is 11.8 Å². The van der Waals surface area contributed by atoms with Gasteiger partial charge in [0.05, 0.1) is 11.5 Å². The lowest BCUT2D eigenvalue weighted by Crippen LogP contribution is -2.07. The number of hydrogen-bond donors (Lipinski definition) is 0. The van der Waals surface area contributed by atoms with Gasteiger partial charge in [-0.1, -0.05) is 18.7 Å². The number of sulfone groups is 1. The molecule has 0 bridgehead atoms. The van der Waals surface area contributed by atoms with Gasteiger partial charge < -0.3 is 4.42 Å². The molecule has 0 aliphatic carbocycles. The summed E-state index contributed by atoms with van der Waals surface area (Å²) in [6, 6.07) is 0. The molecule has 0 radical (unpaired) electrons. The molecule has 1 atom stereocenters. The summed E-state index contributed by atoms with van der Waals surface area (Å²) in [5.74, 6) is 2.21. The summed E-state index contributed by atoms with van der Waals surface area (Å²) in [4.78, 5) is 0. The van der Waals surface area contributed by atoms with Gasteiger partial charge in [0.25, 0.3) is 5.22 Å². The molecule has 1 aliphatic rings. The van der Waals surface area contributed by atoms with Crippen molar-refractivity contribution in [2.45, 2.75) is 31.4 Å². The van der Waals surface area contributed by atoms with Gasteiger partial charge in [-0.15, -0.1) is 10.2 Å². The zero-order chi connectivity index (χ0) is 12.3. The number of hydrogen-bond acceptors (Lipinski definition) is 6. The lowest BCUT2D eigenvalue weighted by molar-refractivity contribution is 0.389. The van der Waals surface area contributed by atoms with E-state index < -0.39 is 9.84 Å². The average Bonchev–Trinajstić information content (AvgIpc) is 2.83. The van der Waals surface area contributed by atoms with Crippen molar-refractivity contribution in [1.29, 1.82) is 0 Å². The lowest BCUT2D eigenvalue weighted by atomic mass is 10.1. The van der Waals surface area contributed by atoms with Gasteiger partial charge >= 0.3 is 0 Å². The fraction of sp³-hybridized carbons (Fsp3) is 0.800. The Morgan fingerprint density at radius 3 is 2.94 bits per heavy atom. The molecule has 1 aromatic rings. The second-order valence-corrected chi connectivity index (χ2v) is 7.56. The first-order valence-electron chi connectivity index (χ1n) is 5.74. The monoisotopic (exact) mass is 276 g/mol. The molecule has 1 saturated heterocycles. The van der Waals surface area contributed by atoms with Crippen molar-refractivity contribution >= 4 is 21.6 Å². The maximum Gasteiger partial charge on any atom is 0.276 e. The van der Waals surface area contributed by atoms with E-state index >= 15 is 0 Å². The van der Waals surface area contributed by atoms with Crippen LogP contribution in [0, 0.1) is 5.92 Å². The summed E-state index contributed by atoms with van der Waals surface area (Å²) in [6.07, 6.45) is 2.35. The van der Waals surface area contributed by atoms with Gasteiger partial charge in [-0.2, -0.15) is 0 Å². The van der Waals surface area contributed by atoms with Crippen LogP contribution >= 0.6 is 11.8 Å². The number of aromatic nitrogens is 2. The number of thioether (sulfide) groups is 1. The molecule has 0 aromatic carbocycles. The summed E-state index contributed by atoms with van der Waals surface area (Å²) < 4.78 is 28.1. The van der Waals surface area contributed by atoms with E-state index in [4.69, 9.17) is 4.42 Å². The van der Waals surface area contributed by atoms with Crippen LogP contribution in [0.3, 0.4) is 0 Å². The highest BCUT2D eigenvalue weighted by atomic mass is 32.2. The highest BCUT2D eigenvalue weighted by Crippen LogP contribution is 2.24. The van der Waals surface area contributed by atoms with Crippen molar-refractivity contribution in [3.8, 4) is 0 Å². The minimum absolute atomic E-state index is 0.143. The van der Waals surface area contributed by atoms with E-state index in [1.807, 2.05) is 0 Å². The molecule has 1 fully saturated rings. The molecule has 17 heavy (non-hydrogen) atoms. The molecule has 0 spiro atoms. The highest BCUT2D eigenvalue weighted by molar-refractivity contribution is 7.99. The van der Waals surface area contributed by atoms with Crippen molar-refractivity contribution in [3.63, 3.8) is 0 Å². The molecule has 0 amide bonds. The predicted octanol–water partition coefficient (Wildman–Crippen LogP) is 1.55. The Balaban J connectivity index is 1.89. The second kappa shape index (κ2) is 5.39. The fourth-order valence-corrected chi connectivity index (χ4v) is 4.34. The topological polar surface area (TPSA) is 73.1 Å². The van der Waals surface area contributed by atoms with E-state index in [0.717, 1.165) is 12.2 Å². The molecule has 1 aliphatic heterocycles. The van der Waals surface area contributed by atoms with Crippen LogP contribution in [0.5, 0.6) is 0 Å². The van der Waals surface area contributed by atoms with Crippen LogP contribution in [-0.4, -0.2) is 35.9 Å². The highest BCUT2D eigenvalue weighted by Gasteiger charge is 2.29. The summed E-state index contributed by atoms with van der Waals surface area (Å²) in [5.41, 5.74) is 0. The first kappa shape index (κ1) is 12.9. The van der Waals surface area contributed by atoms with Gasteiger partial charge in [-0.3, -0.25) is 0 Å². The average molecular weight is 276 g/mol. The molecule has 1 aromatic heterocycles. The van der Waals surface area contributed by atoms with Crippen molar-refractivity contribution in [3.05, 3.63) is 5.89 Å². The third-order valence-corrected chi connectivity index (χ3v) is 5.53. The first-order valence-corrected chi connectivity index (χ1v) is 8.55. The van der Waals surface area contributed by atoms with E-state index in [-0.39, 0.29) is 11.7 Å². The molecular weight excluding hydrogens is 260 g/mol. The molecule has 0 unspecified atom stereocenters. The molecule has 96 valence electrons. The molecule has 0 N–H and O–H groups in total. The number of rotatable bonds is 5. The van der Waals surface area contributed by atoms with Crippen molar-refractivity contribution in [2.75, 3.05) is 17.3 Å². The predicted molar refractivity (Wildman–Crippen MR) is 65.8 cm³/mol. The van der Waals surface area contributed by atoms with Crippen LogP contribution in [0.2, 0.25) is 0 Å². The smallest absolute Gasteiger partial charge is 0.276 e. The SMILES string of the molecule is CCCSc1nnc(C[C@H]2CCS(=O)(=O)C2)o1. The van der Waals surface area contributed by atoms with E-state index in [1.165, 1.54) is 0 Å². The Labute approximate surface area is 105 Å². The largest absolute Gasteiger partial charge is 0.416 e. The zero-order valence-electron chi connectivity index (χ0n) is 9.76. The van der Waals surface area contributed by atoms with Crippen LogP contribution in [0.15, 0.2) is 9.64 Å². The van der Waals surface area contributed by atoms with Crippen LogP contribution in [-0.2, 0) is 16.3 Å².